The van der Waals surface area contributed by atoms with E-state index < -0.39 is 5.41 Å². The molecule has 1 saturated carbocycles. The SMILES string of the molecule is NCC1(C(=O)c2cc3cc(Cl)ccc3o2)CCCCC1. The first-order chi connectivity index (χ1) is 9.64. The summed E-state index contributed by atoms with van der Waals surface area (Å²) in [5.41, 5.74) is 6.17. The first kappa shape index (κ1) is 13.7. The highest BCUT2D eigenvalue weighted by molar-refractivity contribution is 6.31. The molecule has 0 bridgehead atoms. The van der Waals surface area contributed by atoms with Gasteiger partial charge in [-0.25, -0.2) is 0 Å². The van der Waals surface area contributed by atoms with Crippen LogP contribution in [0.3, 0.4) is 0 Å². The van der Waals surface area contributed by atoms with Gasteiger partial charge in [-0.3, -0.25) is 4.79 Å². The Morgan fingerprint density at radius 2 is 2.00 bits per heavy atom. The fraction of sp³-hybridized carbons (Fsp3) is 0.438. The summed E-state index contributed by atoms with van der Waals surface area (Å²) in [6.07, 6.45) is 5.04. The normalized spacial score (nSPS) is 18.3. The fourth-order valence-electron chi connectivity index (χ4n) is 3.14. The molecule has 4 heteroatoms. The quantitative estimate of drug-likeness (QED) is 0.863. The van der Waals surface area contributed by atoms with E-state index in [9.17, 15) is 4.79 Å². The van der Waals surface area contributed by atoms with Crippen molar-refractivity contribution < 1.29 is 9.21 Å². The second-order valence-electron chi connectivity index (χ2n) is 5.67. The van der Waals surface area contributed by atoms with Gasteiger partial charge in [0.1, 0.15) is 5.58 Å². The Labute approximate surface area is 123 Å². The topological polar surface area (TPSA) is 56.2 Å². The van der Waals surface area contributed by atoms with Crippen LogP contribution in [0.15, 0.2) is 28.7 Å². The van der Waals surface area contributed by atoms with Crippen LogP contribution in [0.4, 0.5) is 0 Å². The summed E-state index contributed by atoms with van der Waals surface area (Å²) < 4.78 is 5.70. The summed E-state index contributed by atoms with van der Waals surface area (Å²) in [5.74, 6) is 0.460. The number of rotatable bonds is 3. The number of halogens is 1. The van der Waals surface area contributed by atoms with Gasteiger partial charge in [-0.2, -0.15) is 0 Å². The minimum Gasteiger partial charge on any atom is -0.453 e. The molecule has 1 heterocycles. The van der Waals surface area contributed by atoms with E-state index in [-0.39, 0.29) is 5.78 Å². The number of hydrogen-bond acceptors (Lipinski definition) is 3. The predicted octanol–water partition coefficient (Wildman–Crippen LogP) is 4.18. The van der Waals surface area contributed by atoms with Crippen molar-refractivity contribution in [1.82, 2.24) is 0 Å². The Morgan fingerprint density at radius 3 is 2.70 bits per heavy atom. The molecule has 2 aromatic rings. The third-order valence-electron chi connectivity index (χ3n) is 4.39. The van der Waals surface area contributed by atoms with Crippen molar-refractivity contribution in [3.05, 3.63) is 35.0 Å². The second kappa shape index (κ2) is 5.23. The van der Waals surface area contributed by atoms with Crippen LogP contribution < -0.4 is 5.73 Å². The van der Waals surface area contributed by atoms with Crippen molar-refractivity contribution >= 4 is 28.4 Å². The number of carbonyl (C=O) groups is 1. The van der Waals surface area contributed by atoms with E-state index in [1.165, 1.54) is 6.42 Å². The Hall–Kier alpha value is -1.32. The van der Waals surface area contributed by atoms with Crippen molar-refractivity contribution in [1.29, 1.82) is 0 Å². The second-order valence-corrected chi connectivity index (χ2v) is 6.10. The predicted molar refractivity (Wildman–Crippen MR) is 80.1 cm³/mol. The molecule has 1 aliphatic carbocycles. The van der Waals surface area contributed by atoms with Crippen LogP contribution in [0, 0.1) is 5.41 Å². The van der Waals surface area contributed by atoms with E-state index in [1.807, 2.05) is 6.07 Å². The van der Waals surface area contributed by atoms with Crippen molar-refractivity contribution in [2.24, 2.45) is 11.1 Å². The number of hydrogen-bond donors (Lipinski definition) is 1. The number of Topliss-reactive ketones (excluding diaryl/α,β-unsaturated/α-hetero) is 1. The van der Waals surface area contributed by atoms with Crippen LogP contribution in [-0.2, 0) is 0 Å². The molecular formula is C16H18ClNO2. The Kier molecular flexibility index (Phi) is 3.57. The van der Waals surface area contributed by atoms with E-state index in [0.29, 0.717) is 22.9 Å². The van der Waals surface area contributed by atoms with Gasteiger partial charge in [0.05, 0.1) is 0 Å². The van der Waals surface area contributed by atoms with Crippen LogP contribution in [0.5, 0.6) is 0 Å². The summed E-state index contributed by atoms with van der Waals surface area (Å²) in [7, 11) is 0. The number of benzene rings is 1. The molecule has 0 amide bonds. The van der Waals surface area contributed by atoms with Gasteiger partial charge in [0.2, 0.25) is 5.78 Å². The zero-order valence-electron chi connectivity index (χ0n) is 11.3. The maximum atomic E-state index is 12.8. The number of ketones is 1. The van der Waals surface area contributed by atoms with Crippen LogP contribution in [0.1, 0.15) is 42.7 Å². The summed E-state index contributed by atoms with van der Waals surface area (Å²) in [6, 6.07) is 7.16. The average Bonchev–Trinajstić information content (AvgIpc) is 2.90. The molecule has 1 aliphatic rings. The number of carbonyl (C=O) groups excluding carboxylic acids is 1. The monoisotopic (exact) mass is 291 g/mol. The fourth-order valence-corrected chi connectivity index (χ4v) is 3.32. The standard InChI is InChI=1S/C16H18ClNO2/c17-12-4-5-13-11(8-12)9-14(20-13)15(19)16(10-18)6-2-1-3-7-16/h4-5,8-9H,1-3,6-7,10,18H2. The summed E-state index contributed by atoms with van der Waals surface area (Å²) >= 11 is 5.96. The van der Waals surface area contributed by atoms with Gasteiger partial charge in [0.15, 0.2) is 5.76 Å². The minimum atomic E-state index is -0.435. The molecule has 2 N–H and O–H groups in total. The largest absolute Gasteiger partial charge is 0.453 e. The number of furan rings is 1. The van der Waals surface area contributed by atoms with Gasteiger partial charge in [-0.1, -0.05) is 30.9 Å². The molecule has 20 heavy (non-hydrogen) atoms. The van der Waals surface area contributed by atoms with Crippen LogP contribution in [-0.4, -0.2) is 12.3 Å². The maximum absolute atomic E-state index is 12.8. The lowest BCUT2D eigenvalue weighted by Crippen LogP contribution is -2.40. The molecule has 1 aromatic heterocycles. The Balaban J connectivity index is 1.98. The van der Waals surface area contributed by atoms with Gasteiger partial charge in [0.25, 0.3) is 0 Å². The first-order valence-electron chi connectivity index (χ1n) is 7.09. The van der Waals surface area contributed by atoms with E-state index in [1.54, 1.807) is 18.2 Å². The molecule has 106 valence electrons. The molecule has 1 aromatic carbocycles. The maximum Gasteiger partial charge on any atom is 0.205 e. The van der Waals surface area contributed by atoms with E-state index in [2.05, 4.69) is 0 Å². The molecule has 3 nitrogen and oxygen atoms in total. The van der Waals surface area contributed by atoms with Crippen molar-refractivity contribution in [3.63, 3.8) is 0 Å². The van der Waals surface area contributed by atoms with Gasteiger partial charge in [0, 0.05) is 22.4 Å². The summed E-state index contributed by atoms with van der Waals surface area (Å²) in [6.45, 7) is 0.392. The highest BCUT2D eigenvalue weighted by Crippen LogP contribution is 2.39. The zero-order valence-corrected chi connectivity index (χ0v) is 12.1. The summed E-state index contributed by atoms with van der Waals surface area (Å²) in [5, 5.41) is 1.51. The Morgan fingerprint density at radius 1 is 1.25 bits per heavy atom. The smallest absolute Gasteiger partial charge is 0.205 e. The molecule has 3 rings (SSSR count). The van der Waals surface area contributed by atoms with Crippen molar-refractivity contribution in [3.8, 4) is 0 Å². The van der Waals surface area contributed by atoms with Crippen LogP contribution in [0.2, 0.25) is 5.02 Å². The third kappa shape index (κ3) is 2.25. The minimum absolute atomic E-state index is 0.0482. The highest BCUT2D eigenvalue weighted by Gasteiger charge is 2.40. The van der Waals surface area contributed by atoms with E-state index in [4.69, 9.17) is 21.8 Å². The zero-order chi connectivity index (χ0) is 14.2. The van der Waals surface area contributed by atoms with Crippen LogP contribution in [0.25, 0.3) is 11.0 Å². The molecule has 0 unspecified atom stereocenters. The lowest BCUT2D eigenvalue weighted by molar-refractivity contribution is 0.0700. The van der Waals surface area contributed by atoms with Gasteiger partial charge < -0.3 is 10.2 Å². The van der Waals surface area contributed by atoms with Gasteiger partial charge in [-0.05, 0) is 37.1 Å². The lowest BCUT2D eigenvalue weighted by Gasteiger charge is -2.33. The Bertz CT molecular complexity index is 641. The van der Waals surface area contributed by atoms with Gasteiger partial charge in [-0.15, -0.1) is 0 Å². The van der Waals surface area contributed by atoms with E-state index >= 15 is 0 Å². The van der Waals surface area contributed by atoms with Crippen LogP contribution >= 0.6 is 11.6 Å². The number of fused-ring (bicyclic) bond motifs is 1. The molecule has 0 atom stereocenters. The average molecular weight is 292 g/mol. The van der Waals surface area contributed by atoms with Crippen molar-refractivity contribution in [2.45, 2.75) is 32.1 Å². The third-order valence-corrected chi connectivity index (χ3v) is 4.62. The molecule has 0 spiro atoms. The highest BCUT2D eigenvalue weighted by atomic mass is 35.5. The first-order valence-corrected chi connectivity index (χ1v) is 7.46. The van der Waals surface area contributed by atoms with E-state index in [0.717, 1.165) is 31.1 Å². The number of nitrogens with two attached hydrogens (primary N) is 1. The molecule has 0 radical (unpaired) electrons. The molecule has 1 fully saturated rings. The summed E-state index contributed by atoms with van der Waals surface area (Å²) in [4.78, 5) is 12.8. The molecule has 0 saturated heterocycles. The van der Waals surface area contributed by atoms with Crippen molar-refractivity contribution in [2.75, 3.05) is 6.54 Å². The lowest BCUT2D eigenvalue weighted by atomic mass is 9.70. The van der Waals surface area contributed by atoms with Gasteiger partial charge >= 0.3 is 0 Å². The molecular weight excluding hydrogens is 274 g/mol. The molecule has 0 aliphatic heterocycles.